The van der Waals surface area contributed by atoms with Crippen LogP contribution in [0.15, 0.2) is 60.7 Å². The van der Waals surface area contributed by atoms with Gasteiger partial charge in [0.15, 0.2) is 0 Å². The normalized spacial score (nSPS) is 22.9. The highest BCUT2D eigenvalue weighted by Crippen LogP contribution is 2.46. The number of anilines is 2. The summed E-state index contributed by atoms with van der Waals surface area (Å²) in [6, 6.07) is 17.7. The highest BCUT2D eigenvalue weighted by atomic mass is 35.5. The maximum atomic E-state index is 15.2. The van der Waals surface area contributed by atoms with E-state index in [0.717, 1.165) is 29.5 Å². The van der Waals surface area contributed by atoms with E-state index in [2.05, 4.69) is 22.0 Å². The second-order valence-electron chi connectivity index (χ2n) is 11.4. The molecule has 4 N–H and O–H groups in total. The Kier molecular flexibility index (Phi) is 7.62. The number of nitriles is 1. The summed E-state index contributed by atoms with van der Waals surface area (Å²) < 4.78 is 15.2. The van der Waals surface area contributed by atoms with Gasteiger partial charge in [-0.1, -0.05) is 42.6 Å². The molecule has 0 radical (unpaired) electrons. The van der Waals surface area contributed by atoms with Crippen LogP contribution in [0.5, 0.6) is 0 Å². The minimum atomic E-state index is -0.997. The van der Waals surface area contributed by atoms with Crippen molar-refractivity contribution in [1.29, 1.82) is 5.26 Å². The number of amides is 3. The van der Waals surface area contributed by atoms with Crippen molar-refractivity contribution in [2.24, 2.45) is 5.92 Å². The average Bonchev–Trinajstić information content (AvgIpc) is 3.62. The molecule has 2 heterocycles. The predicted molar refractivity (Wildman–Crippen MR) is 157 cm³/mol. The maximum absolute atomic E-state index is 15.2. The van der Waals surface area contributed by atoms with Gasteiger partial charge in [-0.2, -0.15) is 5.26 Å². The third-order valence-corrected chi connectivity index (χ3v) is 8.85. The van der Waals surface area contributed by atoms with Crippen LogP contribution in [-0.4, -0.2) is 40.6 Å². The van der Waals surface area contributed by atoms with Gasteiger partial charge in [-0.3, -0.25) is 10.1 Å². The summed E-state index contributed by atoms with van der Waals surface area (Å²) in [5, 5.41) is 29.6. The van der Waals surface area contributed by atoms with Gasteiger partial charge in [-0.15, -0.1) is 0 Å². The largest absolute Gasteiger partial charge is 0.391 e. The number of aliphatic hydroxyl groups excluding tert-OH is 1. The molecule has 0 spiro atoms. The molecule has 1 saturated heterocycles. The van der Waals surface area contributed by atoms with Crippen molar-refractivity contribution in [3.63, 3.8) is 0 Å². The smallest absolute Gasteiger partial charge is 0.322 e. The van der Waals surface area contributed by atoms with Crippen LogP contribution in [0.3, 0.4) is 0 Å². The van der Waals surface area contributed by atoms with E-state index in [0.29, 0.717) is 28.7 Å². The molecular weight excluding hydrogens is 557 g/mol. The van der Waals surface area contributed by atoms with Crippen LogP contribution in [0.1, 0.15) is 54.4 Å². The van der Waals surface area contributed by atoms with Crippen molar-refractivity contribution in [1.82, 2.24) is 10.2 Å². The van der Waals surface area contributed by atoms with Crippen LogP contribution in [0, 0.1) is 23.1 Å². The van der Waals surface area contributed by atoms with Crippen molar-refractivity contribution in [2.75, 3.05) is 17.2 Å². The molecule has 3 amide bonds. The van der Waals surface area contributed by atoms with Crippen molar-refractivity contribution in [3.8, 4) is 6.07 Å². The Hall–Kier alpha value is -3.97. The molecule has 3 aliphatic rings. The van der Waals surface area contributed by atoms with Crippen LogP contribution < -0.4 is 16.0 Å². The summed E-state index contributed by atoms with van der Waals surface area (Å²) in [6.07, 6.45) is 3.28. The van der Waals surface area contributed by atoms with Gasteiger partial charge in [-0.25, -0.2) is 9.18 Å². The van der Waals surface area contributed by atoms with Crippen LogP contribution in [0.4, 0.5) is 20.6 Å². The minimum absolute atomic E-state index is 0.00515. The molecule has 10 heteroatoms. The van der Waals surface area contributed by atoms with E-state index in [1.165, 1.54) is 23.8 Å². The van der Waals surface area contributed by atoms with Crippen LogP contribution in [-0.2, 0) is 16.9 Å². The van der Waals surface area contributed by atoms with Gasteiger partial charge in [0.25, 0.3) is 0 Å². The van der Waals surface area contributed by atoms with Gasteiger partial charge in [-0.05, 0) is 77.9 Å². The first kappa shape index (κ1) is 28.2. The molecule has 42 heavy (non-hydrogen) atoms. The lowest BCUT2D eigenvalue weighted by Gasteiger charge is -2.33. The molecule has 3 aromatic carbocycles. The molecule has 0 bridgehead atoms. The second kappa shape index (κ2) is 11.4. The van der Waals surface area contributed by atoms with E-state index in [9.17, 15) is 20.0 Å². The summed E-state index contributed by atoms with van der Waals surface area (Å²) in [7, 11) is 0. The van der Waals surface area contributed by atoms with Gasteiger partial charge in [0.05, 0.1) is 29.0 Å². The molecule has 6 rings (SSSR count). The molecule has 3 atom stereocenters. The lowest BCUT2D eigenvalue weighted by molar-refractivity contribution is -0.119. The Morgan fingerprint density at radius 3 is 2.67 bits per heavy atom. The summed E-state index contributed by atoms with van der Waals surface area (Å²) in [6.45, 7) is 0.479. The number of halogens is 2. The number of hydrogen-bond acceptors (Lipinski definition) is 5. The molecule has 2 fully saturated rings. The van der Waals surface area contributed by atoms with Gasteiger partial charge in [0.1, 0.15) is 11.9 Å². The standard InChI is InChI=1S/C32H31ClFN5O3/c33-22-7-9-23(10-8-22)37-31(42)39-18-24(40)15-29(39)30(41)38-28-14-21(6-11-27(28)34)32(13-12-19-4-5-19)26-3-1-2-20(16-35)25(26)17-36-32/h1-3,6-11,14,19,24,29,36,40H,4-5,12-13,15,17-18H2,(H,37,42)(H,38,41)/t24-,29-,32?/m1/s1. The number of carbonyl (C=O) groups excluding carboxylic acids is 2. The van der Waals surface area contributed by atoms with E-state index in [4.69, 9.17) is 11.6 Å². The van der Waals surface area contributed by atoms with Crippen LogP contribution in [0.2, 0.25) is 5.02 Å². The fraction of sp³-hybridized carbons (Fsp3) is 0.344. The number of hydrogen-bond donors (Lipinski definition) is 4. The predicted octanol–water partition coefficient (Wildman–Crippen LogP) is 5.49. The number of likely N-dealkylation sites (tertiary alicyclic amines) is 1. The first-order valence-electron chi connectivity index (χ1n) is 14.2. The Labute approximate surface area is 248 Å². The summed E-state index contributed by atoms with van der Waals surface area (Å²) in [5.74, 6) is -0.540. The Morgan fingerprint density at radius 1 is 1.14 bits per heavy atom. The molecule has 1 saturated carbocycles. The van der Waals surface area contributed by atoms with Crippen molar-refractivity contribution in [2.45, 2.75) is 56.3 Å². The van der Waals surface area contributed by atoms with Crippen LogP contribution >= 0.6 is 11.6 Å². The Morgan fingerprint density at radius 2 is 1.93 bits per heavy atom. The van der Waals surface area contributed by atoms with Crippen molar-refractivity contribution < 1.29 is 19.1 Å². The lowest BCUT2D eigenvalue weighted by atomic mass is 9.78. The van der Waals surface area contributed by atoms with E-state index in [1.807, 2.05) is 12.1 Å². The van der Waals surface area contributed by atoms with E-state index < -0.39 is 35.4 Å². The highest BCUT2D eigenvalue weighted by Gasteiger charge is 2.43. The third kappa shape index (κ3) is 5.45. The van der Waals surface area contributed by atoms with Crippen molar-refractivity contribution >= 4 is 34.9 Å². The van der Waals surface area contributed by atoms with Crippen molar-refractivity contribution in [3.05, 3.63) is 93.8 Å². The summed E-state index contributed by atoms with van der Waals surface area (Å²) >= 11 is 5.93. The summed E-state index contributed by atoms with van der Waals surface area (Å²) in [4.78, 5) is 27.8. The number of β-amino-alcohol motifs (C(OH)–C–C–N with tert-alkyl or cyclic N) is 1. The number of fused-ring (bicyclic) bond motifs is 1. The van der Waals surface area contributed by atoms with E-state index >= 15 is 4.39 Å². The first-order valence-corrected chi connectivity index (χ1v) is 14.5. The van der Waals surface area contributed by atoms with E-state index in [-0.39, 0.29) is 18.7 Å². The molecule has 0 aromatic heterocycles. The topological polar surface area (TPSA) is 117 Å². The van der Waals surface area contributed by atoms with Gasteiger partial charge in [0, 0.05) is 30.2 Å². The van der Waals surface area contributed by atoms with Gasteiger partial charge >= 0.3 is 6.03 Å². The average molecular weight is 588 g/mol. The second-order valence-corrected chi connectivity index (χ2v) is 11.8. The quantitative estimate of drug-likeness (QED) is 0.291. The zero-order chi connectivity index (χ0) is 29.4. The molecule has 1 aliphatic carbocycles. The molecule has 216 valence electrons. The zero-order valence-electron chi connectivity index (χ0n) is 22.9. The number of carbonyl (C=O) groups is 2. The zero-order valence-corrected chi connectivity index (χ0v) is 23.6. The maximum Gasteiger partial charge on any atom is 0.322 e. The Balaban J connectivity index is 1.26. The number of benzene rings is 3. The number of urea groups is 1. The Bertz CT molecular complexity index is 1570. The fourth-order valence-electron chi connectivity index (χ4n) is 6.19. The molecule has 1 unspecified atom stereocenters. The monoisotopic (exact) mass is 587 g/mol. The van der Waals surface area contributed by atoms with Crippen LogP contribution in [0.25, 0.3) is 0 Å². The van der Waals surface area contributed by atoms with Gasteiger partial charge in [0.2, 0.25) is 5.91 Å². The number of rotatable bonds is 7. The fourth-order valence-corrected chi connectivity index (χ4v) is 6.31. The summed E-state index contributed by atoms with van der Waals surface area (Å²) in [5.41, 5.74) is 3.19. The van der Waals surface area contributed by atoms with Gasteiger partial charge < -0.3 is 20.6 Å². The number of nitrogens with zero attached hydrogens (tertiary/aromatic N) is 2. The SMILES string of the molecule is N#Cc1cccc2c1CNC2(CCC1CC1)c1ccc(F)c(NC(=O)[C@H]2C[C@@H](O)CN2C(=O)Nc2ccc(Cl)cc2)c1. The molecular formula is C32H31ClFN5O3. The lowest BCUT2D eigenvalue weighted by Crippen LogP contribution is -2.45. The third-order valence-electron chi connectivity index (χ3n) is 8.60. The molecule has 3 aromatic rings. The molecule has 2 aliphatic heterocycles. The number of nitrogens with one attached hydrogen (secondary N) is 3. The minimum Gasteiger partial charge on any atom is -0.391 e. The molecule has 8 nitrogen and oxygen atoms in total. The number of aliphatic hydroxyl groups is 1. The first-order chi connectivity index (χ1) is 20.3. The van der Waals surface area contributed by atoms with E-state index in [1.54, 1.807) is 42.5 Å². The highest BCUT2D eigenvalue weighted by molar-refractivity contribution is 6.30.